The van der Waals surface area contributed by atoms with Gasteiger partial charge in [0.25, 0.3) is 0 Å². The Kier molecular flexibility index (Phi) is 3.70. The summed E-state index contributed by atoms with van der Waals surface area (Å²) in [5.41, 5.74) is 1.49. The first-order chi connectivity index (χ1) is 8.40. The van der Waals surface area contributed by atoms with Crippen molar-refractivity contribution in [3.8, 4) is 5.75 Å². The summed E-state index contributed by atoms with van der Waals surface area (Å²) >= 11 is 0. The van der Waals surface area contributed by atoms with E-state index < -0.39 is 0 Å². The van der Waals surface area contributed by atoms with E-state index in [2.05, 4.69) is 10.3 Å². The standard InChI is InChI=1S/C13H12N2O2/c16-10-15-12-6-1-2-7-13(12)17-9-11-5-3-4-8-14-11/h1-8,10H,9H2,(H,15,16). The van der Waals surface area contributed by atoms with Crippen LogP contribution in [0, 0.1) is 0 Å². The average molecular weight is 228 g/mol. The monoisotopic (exact) mass is 228 g/mol. The highest BCUT2D eigenvalue weighted by Gasteiger charge is 2.02. The third kappa shape index (κ3) is 3.04. The molecule has 0 atom stereocenters. The molecule has 86 valence electrons. The molecule has 4 nitrogen and oxygen atoms in total. The van der Waals surface area contributed by atoms with Crippen LogP contribution >= 0.6 is 0 Å². The molecule has 0 saturated carbocycles. The molecule has 0 fully saturated rings. The van der Waals surface area contributed by atoms with Gasteiger partial charge in [0.1, 0.15) is 12.4 Å². The summed E-state index contributed by atoms with van der Waals surface area (Å²) in [6.45, 7) is 0.373. The maximum absolute atomic E-state index is 10.4. The molecule has 2 rings (SSSR count). The zero-order chi connectivity index (χ0) is 11.9. The zero-order valence-electron chi connectivity index (χ0n) is 9.17. The SMILES string of the molecule is O=CNc1ccccc1OCc1ccccn1. The van der Waals surface area contributed by atoms with Gasteiger partial charge in [0.15, 0.2) is 0 Å². The first-order valence-corrected chi connectivity index (χ1v) is 5.22. The Labute approximate surface area is 99.3 Å². The van der Waals surface area contributed by atoms with E-state index in [-0.39, 0.29) is 0 Å². The fourth-order valence-electron chi connectivity index (χ4n) is 1.41. The van der Waals surface area contributed by atoms with Crippen LogP contribution in [-0.2, 0) is 11.4 Å². The lowest BCUT2D eigenvalue weighted by atomic mass is 10.3. The van der Waals surface area contributed by atoms with Gasteiger partial charge in [0, 0.05) is 6.20 Å². The minimum atomic E-state index is 0.373. The lowest BCUT2D eigenvalue weighted by Gasteiger charge is -2.09. The summed E-state index contributed by atoms with van der Waals surface area (Å²) in [4.78, 5) is 14.6. The Morgan fingerprint density at radius 2 is 2.00 bits per heavy atom. The second-order valence-electron chi connectivity index (χ2n) is 3.37. The molecule has 0 radical (unpaired) electrons. The van der Waals surface area contributed by atoms with Crippen molar-refractivity contribution in [3.63, 3.8) is 0 Å². The normalized spacial score (nSPS) is 9.65. The fraction of sp³-hybridized carbons (Fsp3) is 0.0769. The maximum Gasteiger partial charge on any atom is 0.211 e. The van der Waals surface area contributed by atoms with E-state index in [4.69, 9.17) is 4.74 Å². The molecule has 0 aliphatic rings. The van der Waals surface area contributed by atoms with Gasteiger partial charge in [0.2, 0.25) is 6.41 Å². The topological polar surface area (TPSA) is 51.2 Å². The molecular formula is C13H12N2O2. The lowest BCUT2D eigenvalue weighted by Crippen LogP contribution is -2.01. The van der Waals surface area contributed by atoms with Gasteiger partial charge in [-0.2, -0.15) is 0 Å². The van der Waals surface area contributed by atoms with E-state index in [1.807, 2.05) is 30.3 Å². The van der Waals surface area contributed by atoms with Crippen molar-refractivity contribution < 1.29 is 9.53 Å². The Morgan fingerprint density at radius 3 is 2.76 bits per heavy atom. The van der Waals surface area contributed by atoms with Gasteiger partial charge in [-0.1, -0.05) is 18.2 Å². The highest BCUT2D eigenvalue weighted by atomic mass is 16.5. The van der Waals surface area contributed by atoms with Gasteiger partial charge in [-0.15, -0.1) is 0 Å². The number of nitrogens with zero attached hydrogens (tertiary/aromatic N) is 1. The number of ether oxygens (including phenoxy) is 1. The van der Waals surface area contributed by atoms with Gasteiger partial charge in [-0.05, 0) is 24.3 Å². The minimum Gasteiger partial charge on any atom is -0.485 e. The summed E-state index contributed by atoms with van der Waals surface area (Å²) in [7, 11) is 0. The lowest BCUT2D eigenvalue weighted by molar-refractivity contribution is -0.105. The number of carbonyl (C=O) groups excluding carboxylic acids is 1. The summed E-state index contributed by atoms with van der Waals surface area (Å²) in [6.07, 6.45) is 2.34. The van der Waals surface area contributed by atoms with Crippen molar-refractivity contribution >= 4 is 12.1 Å². The number of anilines is 1. The molecule has 1 aromatic carbocycles. The third-order valence-electron chi connectivity index (χ3n) is 2.20. The summed E-state index contributed by atoms with van der Waals surface area (Å²) in [6, 6.07) is 12.9. The highest BCUT2D eigenvalue weighted by Crippen LogP contribution is 2.23. The Morgan fingerprint density at radius 1 is 1.18 bits per heavy atom. The second kappa shape index (κ2) is 5.65. The van der Waals surface area contributed by atoms with E-state index in [1.165, 1.54) is 0 Å². The predicted octanol–water partition coefficient (Wildman–Crippen LogP) is 2.23. The predicted molar refractivity (Wildman–Crippen MR) is 64.7 cm³/mol. The number of benzene rings is 1. The molecule has 1 aromatic heterocycles. The quantitative estimate of drug-likeness (QED) is 0.798. The molecule has 0 bridgehead atoms. The van der Waals surface area contributed by atoms with Crippen LogP contribution in [-0.4, -0.2) is 11.4 Å². The molecule has 0 saturated heterocycles. The van der Waals surface area contributed by atoms with Crippen molar-refractivity contribution in [2.45, 2.75) is 6.61 Å². The molecule has 1 N–H and O–H groups in total. The van der Waals surface area contributed by atoms with E-state index in [9.17, 15) is 4.79 Å². The number of rotatable bonds is 5. The summed E-state index contributed by atoms with van der Waals surface area (Å²) in [5, 5.41) is 2.59. The molecule has 2 aromatic rings. The number of aromatic nitrogens is 1. The van der Waals surface area contributed by atoms with Crippen molar-refractivity contribution in [3.05, 3.63) is 54.4 Å². The first kappa shape index (κ1) is 11.1. The Bertz CT molecular complexity index is 486. The Hall–Kier alpha value is -2.36. The van der Waals surface area contributed by atoms with Crippen molar-refractivity contribution in [2.24, 2.45) is 0 Å². The van der Waals surface area contributed by atoms with E-state index in [0.717, 1.165) is 5.69 Å². The molecular weight excluding hydrogens is 216 g/mol. The zero-order valence-corrected chi connectivity index (χ0v) is 9.17. The smallest absolute Gasteiger partial charge is 0.211 e. The minimum absolute atomic E-state index is 0.373. The third-order valence-corrected chi connectivity index (χ3v) is 2.20. The maximum atomic E-state index is 10.4. The van der Waals surface area contributed by atoms with Crippen LogP contribution in [0.15, 0.2) is 48.7 Å². The fourth-order valence-corrected chi connectivity index (χ4v) is 1.41. The number of pyridine rings is 1. The van der Waals surface area contributed by atoms with Crippen LogP contribution in [0.5, 0.6) is 5.75 Å². The molecule has 0 aliphatic heterocycles. The summed E-state index contributed by atoms with van der Waals surface area (Å²) < 4.78 is 5.59. The van der Waals surface area contributed by atoms with Gasteiger partial charge in [0.05, 0.1) is 11.4 Å². The van der Waals surface area contributed by atoms with Gasteiger partial charge in [-0.25, -0.2) is 0 Å². The number of hydrogen-bond acceptors (Lipinski definition) is 3. The molecule has 0 unspecified atom stereocenters. The second-order valence-corrected chi connectivity index (χ2v) is 3.37. The van der Waals surface area contributed by atoms with Crippen LogP contribution < -0.4 is 10.1 Å². The van der Waals surface area contributed by atoms with Crippen LogP contribution in [0.2, 0.25) is 0 Å². The van der Waals surface area contributed by atoms with E-state index in [1.54, 1.807) is 18.3 Å². The number of para-hydroxylation sites is 2. The van der Waals surface area contributed by atoms with E-state index >= 15 is 0 Å². The molecule has 17 heavy (non-hydrogen) atoms. The molecule has 0 spiro atoms. The van der Waals surface area contributed by atoms with Crippen LogP contribution in [0.25, 0.3) is 0 Å². The van der Waals surface area contributed by atoms with Crippen molar-refractivity contribution in [1.29, 1.82) is 0 Å². The van der Waals surface area contributed by atoms with Crippen LogP contribution in [0.1, 0.15) is 5.69 Å². The van der Waals surface area contributed by atoms with Gasteiger partial charge >= 0.3 is 0 Å². The van der Waals surface area contributed by atoms with Gasteiger partial charge in [-0.3, -0.25) is 9.78 Å². The van der Waals surface area contributed by atoms with E-state index in [0.29, 0.717) is 24.5 Å². The number of amides is 1. The molecule has 1 heterocycles. The van der Waals surface area contributed by atoms with Crippen LogP contribution in [0.4, 0.5) is 5.69 Å². The molecule has 4 heteroatoms. The Balaban J connectivity index is 2.06. The van der Waals surface area contributed by atoms with Crippen molar-refractivity contribution in [1.82, 2.24) is 4.98 Å². The number of nitrogens with one attached hydrogen (secondary N) is 1. The van der Waals surface area contributed by atoms with Crippen molar-refractivity contribution in [2.75, 3.05) is 5.32 Å². The van der Waals surface area contributed by atoms with Gasteiger partial charge < -0.3 is 10.1 Å². The first-order valence-electron chi connectivity index (χ1n) is 5.22. The van der Waals surface area contributed by atoms with Crippen LogP contribution in [0.3, 0.4) is 0 Å². The number of hydrogen-bond donors (Lipinski definition) is 1. The largest absolute Gasteiger partial charge is 0.485 e. The highest BCUT2D eigenvalue weighted by molar-refractivity contribution is 5.75. The molecule has 1 amide bonds. The number of carbonyl (C=O) groups is 1. The average Bonchev–Trinajstić information content (AvgIpc) is 2.39. The summed E-state index contributed by atoms with van der Waals surface area (Å²) in [5.74, 6) is 0.630. The molecule has 0 aliphatic carbocycles.